The number of aromatic nitrogens is 2. The third kappa shape index (κ3) is 2.80. The average Bonchev–Trinajstić information content (AvgIpc) is 2.77. The Morgan fingerprint density at radius 3 is 2.55 bits per heavy atom. The van der Waals surface area contributed by atoms with Crippen molar-refractivity contribution in [2.45, 2.75) is 40.5 Å². The van der Waals surface area contributed by atoms with E-state index in [4.69, 9.17) is 17.3 Å². The van der Waals surface area contributed by atoms with Crippen molar-refractivity contribution in [2.24, 2.45) is 7.05 Å². The molecule has 0 saturated heterocycles. The first kappa shape index (κ1) is 16.7. The van der Waals surface area contributed by atoms with Crippen molar-refractivity contribution in [3.05, 3.63) is 33.8 Å². The predicted molar refractivity (Wildman–Crippen MR) is 95.2 cm³/mol. The van der Waals surface area contributed by atoms with Gasteiger partial charge in [0, 0.05) is 19.2 Å². The van der Waals surface area contributed by atoms with Crippen LogP contribution in [0.15, 0.2) is 12.1 Å². The quantitative estimate of drug-likeness (QED) is 0.848. The highest BCUT2D eigenvalue weighted by Crippen LogP contribution is 2.40. The van der Waals surface area contributed by atoms with Crippen molar-refractivity contribution in [2.75, 3.05) is 17.2 Å². The second-order valence-corrected chi connectivity index (χ2v) is 5.89. The van der Waals surface area contributed by atoms with E-state index in [-0.39, 0.29) is 0 Å². The smallest absolute Gasteiger partial charge is 0.160 e. The van der Waals surface area contributed by atoms with Crippen LogP contribution in [0.2, 0.25) is 5.02 Å². The Hall–Kier alpha value is -1.68. The van der Waals surface area contributed by atoms with Gasteiger partial charge in [0.25, 0.3) is 0 Å². The summed E-state index contributed by atoms with van der Waals surface area (Å²) in [6.07, 6.45) is 2.04. The van der Waals surface area contributed by atoms with Crippen molar-refractivity contribution >= 4 is 28.9 Å². The largest absolute Gasteiger partial charge is 0.384 e. The molecule has 0 unspecified atom stereocenters. The van der Waals surface area contributed by atoms with Crippen molar-refractivity contribution in [1.82, 2.24) is 9.78 Å². The van der Waals surface area contributed by atoms with Crippen LogP contribution in [0.5, 0.6) is 0 Å². The molecule has 120 valence electrons. The molecule has 0 fully saturated rings. The number of benzene rings is 1. The third-order valence-electron chi connectivity index (χ3n) is 3.90. The number of anilines is 3. The van der Waals surface area contributed by atoms with Crippen LogP contribution in [0.25, 0.3) is 0 Å². The predicted octanol–water partition coefficient (Wildman–Crippen LogP) is 4.38. The van der Waals surface area contributed by atoms with Gasteiger partial charge in [-0.2, -0.15) is 5.10 Å². The minimum Gasteiger partial charge on any atom is -0.384 e. The zero-order valence-corrected chi connectivity index (χ0v) is 14.8. The van der Waals surface area contributed by atoms with Crippen LogP contribution in [-0.2, 0) is 13.5 Å². The number of nitrogens with zero attached hydrogens (tertiary/aromatic N) is 3. The highest BCUT2D eigenvalue weighted by Gasteiger charge is 2.27. The lowest BCUT2D eigenvalue weighted by Gasteiger charge is -2.30. The summed E-state index contributed by atoms with van der Waals surface area (Å²) < 4.78 is 1.75. The molecule has 0 saturated carbocycles. The maximum Gasteiger partial charge on any atom is 0.160 e. The van der Waals surface area contributed by atoms with E-state index < -0.39 is 0 Å². The first-order chi connectivity index (χ1) is 10.5. The average molecular weight is 321 g/mol. The molecule has 0 radical (unpaired) electrons. The van der Waals surface area contributed by atoms with Crippen LogP contribution in [0.1, 0.15) is 37.0 Å². The summed E-state index contributed by atoms with van der Waals surface area (Å²) in [7, 11) is 1.88. The monoisotopic (exact) mass is 320 g/mol. The molecule has 0 spiro atoms. The molecule has 0 bridgehead atoms. The van der Waals surface area contributed by atoms with Gasteiger partial charge in [0.15, 0.2) is 5.82 Å². The normalized spacial score (nSPS) is 13.5. The van der Waals surface area contributed by atoms with Gasteiger partial charge in [-0.05, 0) is 43.9 Å². The number of halogens is 1. The molecule has 0 aliphatic carbocycles. The van der Waals surface area contributed by atoms with Gasteiger partial charge in [0.05, 0.1) is 10.7 Å². The van der Waals surface area contributed by atoms with E-state index >= 15 is 0 Å². The number of fused-ring (bicyclic) bond motifs is 1. The van der Waals surface area contributed by atoms with Crippen LogP contribution >= 0.6 is 11.6 Å². The fourth-order valence-corrected chi connectivity index (χ4v) is 3.43. The van der Waals surface area contributed by atoms with E-state index in [9.17, 15) is 0 Å². The van der Waals surface area contributed by atoms with Crippen molar-refractivity contribution < 1.29 is 0 Å². The lowest BCUT2D eigenvalue weighted by atomic mass is 10.0. The van der Waals surface area contributed by atoms with E-state index in [0.29, 0.717) is 0 Å². The molecule has 0 amide bonds. The molecule has 2 heterocycles. The van der Waals surface area contributed by atoms with Crippen molar-refractivity contribution in [3.8, 4) is 0 Å². The molecule has 0 atom stereocenters. The number of hydrogen-bond donors (Lipinski definition) is 1. The molecule has 2 aromatic rings. The first-order valence-electron chi connectivity index (χ1n) is 7.84. The molecule has 1 aliphatic heterocycles. The summed E-state index contributed by atoms with van der Waals surface area (Å²) in [5.74, 6) is 1.70. The highest BCUT2D eigenvalue weighted by molar-refractivity contribution is 6.33. The maximum atomic E-state index is 6.47. The summed E-state index contributed by atoms with van der Waals surface area (Å²) in [6, 6.07) is 4.16. The summed E-state index contributed by atoms with van der Waals surface area (Å²) in [4.78, 5) is 2.20. The second-order valence-electron chi connectivity index (χ2n) is 5.48. The Morgan fingerprint density at radius 1 is 1.23 bits per heavy atom. The molecule has 1 aromatic carbocycles. The zero-order chi connectivity index (χ0) is 16.4. The van der Waals surface area contributed by atoms with E-state index in [0.717, 1.165) is 47.3 Å². The number of nitrogen functional groups attached to an aromatic ring is 1. The molecule has 22 heavy (non-hydrogen) atoms. The SMILES string of the molecule is CC.Cc1cc(C)c(N2CCCc3c2nn(C)c3N)c(Cl)c1. The summed E-state index contributed by atoms with van der Waals surface area (Å²) in [5.41, 5.74) is 10.6. The van der Waals surface area contributed by atoms with Gasteiger partial charge in [-0.15, -0.1) is 0 Å². The van der Waals surface area contributed by atoms with E-state index in [1.165, 1.54) is 11.1 Å². The summed E-state index contributed by atoms with van der Waals surface area (Å²) >= 11 is 6.47. The first-order valence-corrected chi connectivity index (χ1v) is 8.22. The topological polar surface area (TPSA) is 47.1 Å². The molecule has 5 heteroatoms. The molecule has 4 nitrogen and oxygen atoms in total. The molecule has 3 rings (SSSR count). The standard InChI is InChI=1S/C15H19ClN4.C2H6/c1-9-7-10(2)13(12(16)8-9)20-6-4-5-11-14(17)19(3)18-15(11)20;1-2/h7-8H,4-6,17H2,1-3H3;1-2H3. The highest BCUT2D eigenvalue weighted by atomic mass is 35.5. The Bertz CT molecular complexity index is 653. The van der Waals surface area contributed by atoms with Gasteiger partial charge < -0.3 is 10.6 Å². The van der Waals surface area contributed by atoms with Crippen LogP contribution in [0.3, 0.4) is 0 Å². The molecular formula is C17H25ClN4. The van der Waals surface area contributed by atoms with E-state index in [1.807, 2.05) is 27.0 Å². The number of rotatable bonds is 1. The maximum absolute atomic E-state index is 6.47. The van der Waals surface area contributed by atoms with Gasteiger partial charge in [-0.1, -0.05) is 31.5 Å². The van der Waals surface area contributed by atoms with Crippen molar-refractivity contribution in [3.63, 3.8) is 0 Å². The Balaban J connectivity index is 0.000000847. The van der Waals surface area contributed by atoms with Crippen LogP contribution in [0, 0.1) is 13.8 Å². The molecule has 1 aliphatic rings. The van der Waals surface area contributed by atoms with Gasteiger partial charge in [-0.25, -0.2) is 0 Å². The number of aryl methyl sites for hydroxylation is 3. The van der Waals surface area contributed by atoms with Crippen LogP contribution in [0.4, 0.5) is 17.3 Å². The lowest BCUT2D eigenvalue weighted by Crippen LogP contribution is -2.25. The third-order valence-corrected chi connectivity index (χ3v) is 4.19. The summed E-state index contributed by atoms with van der Waals surface area (Å²) in [6.45, 7) is 9.07. The van der Waals surface area contributed by atoms with E-state index in [1.54, 1.807) is 4.68 Å². The van der Waals surface area contributed by atoms with Gasteiger partial charge in [0.1, 0.15) is 5.82 Å². The minimum atomic E-state index is 0.755. The number of nitrogens with two attached hydrogens (primary N) is 1. The Kier molecular flexibility index (Phi) is 5.01. The van der Waals surface area contributed by atoms with Gasteiger partial charge >= 0.3 is 0 Å². The Morgan fingerprint density at radius 2 is 1.91 bits per heavy atom. The van der Waals surface area contributed by atoms with E-state index in [2.05, 4.69) is 29.9 Å². The van der Waals surface area contributed by atoms with Crippen LogP contribution in [-0.4, -0.2) is 16.3 Å². The fraction of sp³-hybridized carbons (Fsp3) is 0.471. The zero-order valence-electron chi connectivity index (χ0n) is 14.1. The fourth-order valence-electron chi connectivity index (χ4n) is 3.01. The number of hydrogen-bond acceptors (Lipinski definition) is 3. The van der Waals surface area contributed by atoms with Crippen LogP contribution < -0.4 is 10.6 Å². The molecular weight excluding hydrogens is 296 g/mol. The summed E-state index contributed by atoms with van der Waals surface area (Å²) in [5, 5.41) is 5.35. The lowest BCUT2D eigenvalue weighted by molar-refractivity contribution is 0.743. The molecule has 2 N–H and O–H groups in total. The van der Waals surface area contributed by atoms with Gasteiger partial charge in [0.2, 0.25) is 0 Å². The molecule has 1 aromatic heterocycles. The second kappa shape index (κ2) is 6.61. The van der Waals surface area contributed by atoms with Crippen molar-refractivity contribution in [1.29, 1.82) is 0 Å². The van der Waals surface area contributed by atoms with Gasteiger partial charge in [-0.3, -0.25) is 4.68 Å². The Labute approximate surface area is 137 Å². The minimum absolute atomic E-state index is 0.755.